The minimum absolute atomic E-state index is 0.439. The average Bonchev–Trinajstić information content (AvgIpc) is 2.18. The molecule has 0 fully saturated rings. The molecule has 1 aliphatic rings. The summed E-state index contributed by atoms with van der Waals surface area (Å²) in [5.41, 5.74) is 1.60. The van der Waals surface area contributed by atoms with Gasteiger partial charge in [-0.3, -0.25) is 0 Å². The molecule has 0 spiro atoms. The van der Waals surface area contributed by atoms with E-state index in [0.29, 0.717) is 6.42 Å². The molecule has 3 nitrogen and oxygen atoms in total. The van der Waals surface area contributed by atoms with Crippen LogP contribution in [0.2, 0.25) is 0 Å². The van der Waals surface area contributed by atoms with Crippen molar-refractivity contribution in [3.8, 4) is 5.75 Å². The summed E-state index contributed by atoms with van der Waals surface area (Å²) in [6.07, 6.45) is 0.220. The molecule has 0 aromatic heterocycles. The van der Waals surface area contributed by atoms with Crippen LogP contribution in [-0.2, 0) is 6.42 Å². The average molecular weight is 207 g/mol. The van der Waals surface area contributed by atoms with E-state index in [1.54, 1.807) is 0 Å². The van der Waals surface area contributed by atoms with E-state index in [9.17, 15) is 5.11 Å². The van der Waals surface area contributed by atoms with Gasteiger partial charge in [-0.05, 0) is 25.5 Å². The Morgan fingerprint density at radius 1 is 1.47 bits per heavy atom. The van der Waals surface area contributed by atoms with Crippen LogP contribution in [0.3, 0.4) is 0 Å². The number of anilines is 1. The van der Waals surface area contributed by atoms with Crippen LogP contribution in [0.5, 0.6) is 5.75 Å². The van der Waals surface area contributed by atoms with Crippen LogP contribution in [0.15, 0.2) is 18.2 Å². The molecule has 1 unspecified atom stereocenters. The van der Waals surface area contributed by atoms with Crippen LogP contribution in [0.25, 0.3) is 0 Å². The molecule has 1 aliphatic heterocycles. The normalized spacial score (nSPS) is 22.8. The molecule has 2 rings (SSSR count). The molecule has 1 heterocycles. The van der Waals surface area contributed by atoms with Gasteiger partial charge in [0.25, 0.3) is 0 Å². The molecule has 0 saturated carbocycles. The third-order valence-electron chi connectivity index (χ3n) is 2.94. The van der Waals surface area contributed by atoms with E-state index in [-0.39, 0.29) is 0 Å². The Balaban J connectivity index is 2.37. The number of aliphatic hydroxyl groups is 1. The predicted molar refractivity (Wildman–Crippen MR) is 60.4 cm³/mol. The standard InChI is InChI=1S/C12H17NO2/c1-12(2)11(14)6-8-4-5-9(13-3)7-10(8)15-12/h4-5,7,11,13-14H,6H2,1-3H3. The summed E-state index contributed by atoms with van der Waals surface area (Å²) in [5.74, 6) is 0.872. The van der Waals surface area contributed by atoms with Crippen LogP contribution in [0.4, 0.5) is 5.69 Å². The Kier molecular flexibility index (Phi) is 2.35. The summed E-state index contributed by atoms with van der Waals surface area (Å²) >= 11 is 0. The van der Waals surface area contributed by atoms with Crippen molar-refractivity contribution in [1.82, 2.24) is 0 Å². The lowest BCUT2D eigenvalue weighted by atomic mass is 9.91. The fourth-order valence-electron chi connectivity index (χ4n) is 1.78. The summed E-state index contributed by atoms with van der Waals surface area (Å²) in [4.78, 5) is 0. The minimum Gasteiger partial charge on any atom is -0.485 e. The van der Waals surface area contributed by atoms with Gasteiger partial charge in [-0.2, -0.15) is 0 Å². The molecule has 82 valence electrons. The van der Waals surface area contributed by atoms with Crippen molar-refractivity contribution >= 4 is 5.69 Å². The molecule has 1 atom stereocenters. The quantitative estimate of drug-likeness (QED) is 0.738. The third kappa shape index (κ3) is 1.79. The number of rotatable bonds is 1. The number of ether oxygens (including phenoxy) is 1. The molecule has 1 aromatic rings. The smallest absolute Gasteiger partial charge is 0.129 e. The topological polar surface area (TPSA) is 41.5 Å². The zero-order valence-corrected chi connectivity index (χ0v) is 9.37. The summed E-state index contributed by atoms with van der Waals surface area (Å²) in [5, 5.41) is 12.9. The van der Waals surface area contributed by atoms with Crippen LogP contribution in [0, 0.1) is 0 Å². The van der Waals surface area contributed by atoms with Gasteiger partial charge in [0.1, 0.15) is 11.4 Å². The third-order valence-corrected chi connectivity index (χ3v) is 2.94. The second-order valence-electron chi connectivity index (χ2n) is 4.50. The fourth-order valence-corrected chi connectivity index (χ4v) is 1.78. The molecular formula is C12H17NO2. The molecule has 2 N–H and O–H groups in total. The summed E-state index contributed by atoms with van der Waals surface area (Å²) < 4.78 is 5.78. The monoisotopic (exact) mass is 207 g/mol. The Bertz CT molecular complexity index is 374. The molecule has 1 aromatic carbocycles. The van der Waals surface area contributed by atoms with E-state index in [0.717, 1.165) is 17.0 Å². The van der Waals surface area contributed by atoms with Crippen LogP contribution < -0.4 is 10.1 Å². The number of hydrogen-bond donors (Lipinski definition) is 2. The molecule has 3 heteroatoms. The van der Waals surface area contributed by atoms with Gasteiger partial charge in [0.15, 0.2) is 0 Å². The number of aliphatic hydroxyl groups excluding tert-OH is 1. The van der Waals surface area contributed by atoms with E-state index in [4.69, 9.17) is 4.74 Å². The van der Waals surface area contributed by atoms with Gasteiger partial charge in [0.05, 0.1) is 6.10 Å². The number of hydrogen-bond acceptors (Lipinski definition) is 3. The lowest BCUT2D eigenvalue weighted by Gasteiger charge is -2.37. The van der Waals surface area contributed by atoms with Gasteiger partial charge in [0, 0.05) is 25.2 Å². The Labute approximate surface area is 90.1 Å². The Morgan fingerprint density at radius 2 is 2.20 bits per heavy atom. The van der Waals surface area contributed by atoms with Crippen molar-refractivity contribution in [3.05, 3.63) is 23.8 Å². The molecule has 15 heavy (non-hydrogen) atoms. The number of fused-ring (bicyclic) bond motifs is 1. The van der Waals surface area contributed by atoms with E-state index in [1.165, 1.54) is 0 Å². The van der Waals surface area contributed by atoms with Crippen molar-refractivity contribution < 1.29 is 9.84 Å². The highest BCUT2D eigenvalue weighted by molar-refractivity contribution is 5.52. The highest BCUT2D eigenvalue weighted by atomic mass is 16.5. The lowest BCUT2D eigenvalue weighted by molar-refractivity contribution is -0.0410. The van der Waals surface area contributed by atoms with E-state index >= 15 is 0 Å². The highest BCUT2D eigenvalue weighted by Gasteiger charge is 2.35. The summed E-state index contributed by atoms with van der Waals surface area (Å²) in [6.45, 7) is 3.82. The minimum atomic E-state index is -0.501. The summed E-state index contributed by atoms with van der Waals surface area (Å²) in [6, 6.07) is 5.97. The first-order valence-corrected chi connectivity index (χ1v) is 5.20. The van der Waals surface area contributed by atoms with E-state index in [1.807, 2.05) is 39.1 Å². The Hall–Kier alpha value is -1.22. The zero-order chi connectivity index (χ0) is 11.1. The van der Waals surface area contributed by atoms with Crippen molar-refractivity contribution in [1.29, 1.82) is 0 Å². The maximum Gasteiger partial charge on any atom is 0.129 e. The van der Waals surface area contributed by atoms with Crippen LogP contribution in [-0.4, -0.2) is 23.9 Å². The molecule has 0 amide bonds. The van der Waals surface area contributed by atoms with Crippen molar-refractivity contribution in [2.45, 2.75) is 32.0 Å². The van der Waals surface area contributed by atoms with Crippen LogP contribution >= 0.6 is 0 Å². The number of benzene rings is 1. The lowest BCUT2D eigenvalue weighted by Crippen LogP contribution is -2.46. The van der Waals surface area contributed by atoms with Gasteiger partial charge in [0.2, 0.25) is 0 Å². The fraction of sp³-hybridized carbons (Fsp3) is 0.500. The van der Waals surface area contributed by atoms with Crippen molar-refractivity contribution in [2.75, 3.05) is 12.4 Å². The van der Waals surface area contributed by atoms with Gasteiger partial charge in [-0.15, -0.1) is 0 Å². The zero-order valence-electron chi connectivity index (χ0n) is 9.37. The number of nitrogens with one attached hydrogen (secondary N) is 1. The van der Waals surface area contributed by atoms with Gasteiger partial charge in [-0.25, -0.2) is 0 Å². The van der Waals surface area contributed by atoms with Crippen molar-refractivity contribution in [2.24, 2.45) is 0 Å². The highest BCUT2D eigenvalue weighted by Crippen LogP contribution is 2.34. The molecule has 0 aliphatic carbocycles. The molecule has 0 saturated heterocycles. The van der Waals surface area contributed by atoms with Gasteiger partial charge >= 0.3 is 0 Å². The molecular weight excluding hydrogens is 190 g/mol. The SMILES string of the molecule is CNc1ccc2c(c1)OC(C)(C)C(O)C2. The second-order valence-corrected chi connectivity index (χ2v) is 4.50. The van der Waals surface area contributed by atoms with Crippen LogP contribution in [0.1, 0.15) is 19.4 Å². The van der Waals surface area contributed by atoms with Gasteiger partial charge in [-0.1, -0.05) is 6.07 Å². The molecule has 0 radical (unpaired) electrons. The van der Waals surface area contributed by atoms with Crippen molar-refractivity contribution in [3.63, 3.8) is 0 Å². The first-order valence-electron chi connectivity index (χ1n) is 5.20. The van der Waals surface area contributed by atoms with E-state index < -0.39 is 11.7 Å². The Morgan fingerprint density at radius 3 is 2.87 bits per heavy atom. The summed E-state index contributed by atoms with van der Waals surface area (Å²) in [7, 11) is 1.88. The maximum atomic E-state index is 9.87. The van der Waals surface area contributed by atoms with E-state index in [2.05, 4.69) is 5.32 Å². The molecule has 0 bridgehead atoms. The first kappa shape index (κ1) is 10.3. The predicted octanol–water partition coefficient (Wildman–Crippen LogP) is 1.80. The van der Waals surface area contributed by atoms with Gasteiger partial charge < -0.3 is 15.2 Å². The maximum absolute atomic E-state index is 9.87. The largest absolute Gasteiger partial charge is 0.485 e. The first-order chi connectivity index (χ1) is 7.03. The second kappa shape index (κ2) is 3.42.